The van der Waals surface area contributed by atoms with E-state index in [1.807, 2.05) is 19.1 Å². The Morgan fingerprint density at radius 1 is 1.26 bits per heavy atom. The van der Waals surface area contributed by atoms with Crippen LogP contribution in [0.3, 0.4) is 0 Å². The van der Waals surface area contributed by atoms with Crippen molar-refractivity contribution in [1.82, 2.24) is 4.90 Å². The normalized spacial score (nSPS) is 11.4. The molecule has 19 heavy (non-hydrogen) atoms. The number of carbonyl (C=O) groups excluding carboxylic acids is 1. The van der Waals surface area contributed by atoms with Crippen molar-refractivity contribution in [2.45, 2.75) is 19.5 Å². The molecule has 0 saturated heterocycles. The number of aryl methyl sites for hydroxylation is 1. The first-order valence-electron chi connectivity index (χ1n) is 5.92. The average molecular weight is 274 g/mol. The summed E-state index contributed by atoms with van der Waals surface area (Å²) >= 11 is 0. The van der Waals surface area contributed by atoms with Crippen LogP contribution in [0.25, 0.3) is 0 Å². The molecule has 0 atom stereocenters. The predicted molar refractivity (Wildman–Crippen MR) is 66.6 cm³/mol. The first-order valence-corrected chi connectivity index (χ1v) is 5.92. The smallest absolute Gasteiger partial charge is 0.332 e. The van der Waals surface area contributed by atoms with Crippen LogP contribution in [0.4, 0.5) is 13.2 Å². The molecule has 1 rings (SSSR count). The summed E-state index contributed by atoms with van der Waals surface area (Å²) in [6.07, 6.45) is -4.45. The van der Waals surface area contributed by atoms with Gasteiger partial charge >= 0.3 is 6.18 Å². The summed E-state index contributed by atoms with van der Waals surface area (Å²) in [5.74, 6) is -0.563. The second-order valence-corrected chi connectivity index (χ2v) is 4.38. The van der Waals surface area contributed by atoms with Crippen LogP contribution in [0.1, 0.15) is 11.1 Å². The van der Waals surface area contributed by atoms with E-state index in [-0.39, 0.29) is 19.5 Å². The minimum Gasteiger partial charge on any atom is -0.332 e. The van der Waals surface area contributed by atoms with E-state index in [9.17, 15) is 18.0 Å². The highest BCUT2D eigenvalue weighted by atomic mass is 19.4. The Balaban J connectivity index is 2.68. The van der Waals surface area contributed by atoms with Crippen molar-refractivity contribution in [2.75, 3.05) is 19.6 Å². The van der Waals surface area contributed by atoms with E-state index in [2.05, 4.69) is 0 Å². The summed E-state index contributed by atoms with van der Waals surface area (Å²) in [7, 11) is 0. The number of nitrogens with two attached hydrogens (primary N) is 1. The van der Waals surface area contributed by atoms with Crippen molar-refractivity contribution < 1.29 is 18.0 Å². The molecular formula is C13H17F3N2O. The van der Waals surface area contributed by atoms with Gasteiger partial charge in [-0.3, -0.25) is 4.79 Å². The molecule has 0 aliphatic rings. The van der Waals surface area contributed by atoms with Gasteiger partial charge in [-0.2, -0.15) is 13.2 Å². The Labute approximate surface area is 110 Å². The highest BCUT2D eigenvalue weighted by Crippen LogP contribution is 2.17. The number of amides is 1. The summed E-state index contributed by atoms with van der Waals surface area (Å²) in [5.41, 5.74) is 6.97. The molecule has 1 aromatic rings. The number of hydrogen-bond donors (Lipinski definition) is 1. The Hall–Kier alpha value is -1.56. The van der Waals surface area contributed by atoms with Crippen molar-refractivity contribution in [3.8, 4) is 0 Å². The standard InChI is InChI=1S/C13H17F3N2O/c1-10-2-4-11(5-3-10)8-12(19)18(7-6-17)9-13(14,15)16/h2-5H,6-9,17H2,1H3. The van der Waals surface area contributed by atoms with Gasteiger partial charge in [0.25, 0.3) is 0 Å². The van der Waals surface area contributed by atoms with E-state index >= 15 is 0 Å². The molecule has 0 saturated carbocycles. The van der Waals surface area contributed by atoms with E-state index in [0.717, 1.165) is 10.5 Å². The van der Waals surface area contributed by atoms with Gasteiger partial charge in [0.1, 0.15) is 6.54 Å². The number of carbonyl (C=O) groups is 1. The van der Waals surface area contributed by atoms with Crippen LogP contribution in [0, 0.1) is 6.92 Å². The van der Waals surface area contributed by atoms with Gasteiger partial charge in [0.15, 0.2) is 0 Å². The van der Waals surface area contributed by atoms with Crippen molar-refractivity contribution in [3.63, 3.8) is 0 Å². The number of halogens is 3. The first kappa shape index (κ1) is 15.5. The number of alkyl halides is 3. The minimum absolute atomic E-state index is 0.00964. The lowest BCUT2D eigenvalue weighted by molar-refractivity contribution is -0.160. The molecule has 0 fully saturated rings. The van der Waals surface area contributed by atoms with E-state index in [1.54, 1.807) is 12.1 Å². The van der Waals surface area contributed by atoms with Gasteiger partial charge in [-0.25, -0.2) is 0 Å². The molecule has 0 unspecified atom stereocenters. The number of rotatable bonds is 5. The molecule has 0 radical (unpaired) electrons. The molecule has 6 heteroatoms. The molecule has 0 spiro atoms. The Morgan fingerprint density at radius 3 is 2.32 bits per heavy atom. The van der Waals surface area contributed by atoms with Crippen molar-refractivity contribution in [2.24, 2.45) is 5.73 Å². The molecule has 0 heterocycles. The van der Waals surface area contributed by atoms with Gasteiger partial charge < -0.3 is 10.6 Å². The third-order valence-corrected chi connectivity index (χ3v) is 2.60. The lowest BCUT2D eigenvalue weighted by Gasteiger charge is -2.23. The molecular weight excluding hydrogens is 257 g/mol. The van der Waals surface area contributed by atoms with Gasteiger partial charge in [0.05, 0.1) is 6.42 Å². The maximum absolute atomic E-state index is 12.3. The lowest BCUT2D eigenvalue weighted by Crippen LogP contribution is -2.42. The number of nitrogens with zero attached hydrogens (tertiary/aromatic N) is 1. The Bertz CT molecular complexity index is 415. The van der Waals surface area contributed by atoms with Crippen LogP contribution in [0.2, 0.25) is 0 Å². The largest absolute Gasteiger partial charge is 0.406 e. The van der Waals surface area contributed by atoms with E-state index < -0.39 is 18.6 Å². The molecule has 3 nitrogen and oxygen atoms in total. The zero-order valence-electron chi connectivity index (χ0n) is 10.7. The zero-order chi connectivity index (χ0) is 14.5. The summed E-state index contributed by atoms with van der Waals surface area (Å²) in [6, 6.07) is 7.11. The quantitative estimate of drug-likeness (QED) is 0.891. The van der Waals surface area contributed by atoms with Crippen LogP contribution in [0.15, 0.2) is 24.3 Å². The Morgan fingerprint density at radius 2 is 1.84 bits per heavy atom. The molecule has 106 valence electrons. The van der Waals surface area contributed by atoms with Crippen LogP contribution in [-0.4, -0.2) is 36.6 Å². The monoisotopic (exact) mass is 274 g/mol. The molecule has 0 aliphatic heterocycles. The second kappa shape index (κ2) is 6.56. The van der Waals surface area contributed by atoms with Gasteiger partial charge in [-0.15, -0.1) is 0 Å². The fraction of sp³-hybridized carbons (Fsp3) is 0.462. The van der Waals surface area contributed by atoms with Crippen LogP contribution >= 0.6 is 0 Å². The third-order valence-electron chi connectivity index (χ3n) is 2.60. The molecule has 2 N–H and O–H groups in total. The van der Waals surface area contributed by atoms with Crippen molar-refractivity contribution in [3.05, 3.63) is 35.4 Å². The summed E-state index contributed by atoms with van der Waals surface area (Å²) < 4.78 is 37.0. The zero-order valence-corrected chi connectivity index (χ0v) is 10.7. The topological polar surface area (TPSA) is 46.3 Å². The van der Waals surface area contributed by atoms with E-state index in [1.165, 1.54) is 0 Å². The van der Waals surface area contributed by atoms with E-state index in [0.29, 0.717) is 5.56 Å². The van der Waals surface area contributed by atoms with Crippen LogP contribution < -0.4 is 5.73 Å². The van der Waals surface area contributed by atoms with Crippen molar-refractivity contribution >= 4 is 5.91 Å². The summed E-state index contributed by atoms with van der Waals surface area (Å²) in [6.45, 7) is 0.560. The molecule has 1 amide bonds. The summed E-state index contributed by atoms with van der Waals surface area (Å²) in [4.78, 5) is 12.6. The molecule has 1 aromatic carbocycles. The summed E-state index contributed by atoms with van der Waals surface area (Å²) in [5, 5.41) is 0. The van der Waals surface area contributed by atoms with Gasteiger partial charge in [0.2, 0.25) is 5.91 Å². The van der Waals surface area contributed by atoms with Crippen molar-refractivity contribution in [1.29, 1.82) is 0 Å². The van der Waals surface area contributed by atoms with Crippen LogP contribution in [-0.2, 0) is 11.2 Å². The van der Waals surface area contributed by atoms with Gasteiger partial charge in [-0.1, -0.05) is 29.8 Å². The first-order chi connectivity index (χ1) is 8.81. The Kier molecular flexibility index (Phi) is 5.35. The van der Waals surface area contributed by atoms with E-state index in [4.69, 9.17) is 5.73 Å². The predicted octanol–water partition coefficient (Wildman–Crippen LogP) is 1.89. The SMILES string of the molecule is Cc1ccc(CC(=O)N(CCN)CC(F)(F)F)cc1. The minimum atomic E-state index is -4.40. The highest BCUT2D eigenvalue weighted by molar-refractivity contribution is 5.78. The number of hydrogen-bond acceptors (Lipinski definition) is 2. The molecule has 0 bridgehead atoms. The maximum Gasteiger partial charge on any atom is 0.406 e. The molecule has 0 aliphatic carbocycles. The van der Waals surface area contributed by atoms with Gasteiger partial charge in [0, 0.05) is 13.1 Å². The fourth-order valence-corrected chi connectivity index (χ4v) is 1.66. The fourth-order valence-electron chi connectivity index (χ4n) is 1.66. The number of benzene rings is 1. The van der Waals surface area contributed by atoms with Crippen LogP contribution in [0.5, 0.6) is 0 Å². The molecule has 0 aromatic heterocycles. The second-order valence-electron chi connectivity index (χ2n) is 4.38. The average Bonchev–Trinajstić information content (AvgIpc) is 2.30. The third kappa shape index (κ3) is 5.74. The maximum atomic E-state index is 12.3. The highest BCUT2D eigenvalue weighted by Gasteiger charge is 2.32. The lowest BCUT2D eigenvalue weighted by atomic mass is 10.1. The van der Waals surface area contributed by atoms with Gasteiger partial charge in [-0.05, 0) is 12.5 Å².